The van der Waals surface area contributed by atoms with Crippen LogP contribution in [0.4, 0.5) is 0 Å². The first kappa shape index (κ1) is 19.4. The zero-order valence-corrected chi connectivity index (χ0v) is 17.3. The van der Waals surface area contributed by atoms with Crippen molar-refractivity contribution in [2.24, 2.45) is 4.99 Å². The fraction of sp³-hybridized carbons (Fsp3) is 0.333. The molecule has 3 aromatic heterocycles. The molecule has 0 amide bonds. The van der Waals surface area contributed by atoms with E-state index in [1.165, 1.54) is 4.88 Å². The van der Waals surface area contributed by atoms with Crippen molar-refractivity contribution in [1.82, 2.24) is 30.8 Å². The van der Waals surface area contributed by atoms with E-state index in [4.69, 9.17) is 4.42 Å². The van der Waals surface area contributed by atoms with Crippen molar-refractivity contribution < 1.29 is 4.42 Å². The Morgan fingerprint density at radius 1 is 1.28 bits per heavy atom. The maximum absolute atomic E-state index is 5.27. The van der Waals surface area contributed by atoms with E-state index in [9.17, 15) is 0 Å². The Kier molecular flexibility index (Phi) is 6.93. The highest BCUT2D eigenvalue weighted by molar-refractivity contribution is 14.0. The van der Waals surface area contributed by atoms with Crippen molar-refractivity contribution in [3.05, 3.63) is 39.8 Å². The van der Waals surface area contributed by atoms with E-state index in [0.717, 1.165) is 10.7 Å². The van der Waals surface area contributed by atoms with Crippen LogP contribution in [-0.2, 0) is 13.1 Å². The van der Waals surface area contributed by atoms with Gasteiger partial charge < -0.3 is 15.1 Å². The highest BCUT2D eigenvalue weighted by Crippen LogP contribution is 2.16. The summed E-state index contributed by atoms with van der Waals surface area (Å²) in [6.45, 7) is 5.19. The highest BCUT2D eigenvalue weighted by atomic mass is 127. The summed E-state index contributed by atoms with van der Waals surface area (Å²) in [7, 11) is 1.73. The molecule has 8 nitrogen and oxygen atoms in total. The van der Waals surface area contributed by atoms with Crippen molar-refractivity contribution in [2.75, 3.05) is 7.05 Å². The van der Waals surface area contributed by atoms with Crippen molar-refractivity contribution in [1.29, 1.82) is 0 Å². The van der Waals surface area contributed by atoms with E-state index in [2.05, 4.69) is 35.8 Å². The third kappa shape index (κ3) is 5.01. The number of halogens is 1. The van der Waals surface area contributed by atoms with Crippen molar-refractivity contribution in [3.8, 4) is 11.6 Å². The van der Waals surface area contributed by atoms with Crippen LogP contribution in [0.5, 0.6) is 0 Å². The molecule has 0 saturated carbocycles. The molecule has 0 aliphatic carbocycles. The molecular formula is C15H20IN7OS. The lowest BCUT2D eigenvalue weighted by Crippen LogP contribution is -2.36. The summed E-state index contributed by atoms with van der Waals surface area (Å²) in [5, 5.41) is 14.6. The number of aromatic nitrogens is 4. The third-order valence-electron chi connectivity index (χ3n) is 3.34. The SMILES string of the molecule is CN=C(NCc1nc(-c2ccco2)n[nH]1)NCc1sc(C)nc1C.I. The summed E-state index contributed by atoms with van der Waals surface area (Å²) >= 11 is 1.69. The van der Waals surface area contributed by atoms with Gasteiger partial charge in [-0.1, -0.05) is 0 Å². The van der Waals surface area contributed by atoms with Crippen molar-refractivity contribution in [2.45, 2.75) is 26.9 Å². The number of thiazole rings is 1. The Labute approximate surface area is 166 Å². The van der Waals surface area contributed by atoms with Gasteiger partial charge in [0.25, 0.3) is 0 Å². The first-order chi connectivity index (χ1) is 11.7. The van der Waals surface area contributed by atoms with Gasteiger partial charge in [0.15, 0.2) is 11.7 Å². The van der Waals surface area contributed by atoms with Crippen LogP contribution in [0.15, 0.2) is 27.8 Å². The molecule has 3 aromatic rings. The lowest BCUT2D eigenvalue weighted by Gasteiger charge is -2.10. The number of aromatic amines is 1. The van der Waals surface area contributed by atoms with Crippen LogP contribution in [0.2, 0.25) is 0 Å². The first-order valence-corrected chi connectivity index (χ1v) is 8.30. The van der Waals surface area contributed by atoms with Crippen LogP contribution in [0.3, 0.4) is 0 Å². The molecule has 0 saturated heterocycles. The second-order valence-corrected chi connectivity index (χ2v) is 6.39. The minimum absolute atomic E-state index is 0. The summed E-state index contributed by atoms with van der Waals surface area (Å²) in [4.78, 5) is 14.2. The van der Waals surface area contributed by atoms with Gasteiger partial charge in [0, 0.05) is 11.9 Å². The van der Waals surface area contributed by atoms with E-state index in [0.29, 0.717) is 36.5 Å². The monoisotopic (exact) mass is 473 g/mol. The molecule has 0 aliphatic heterocycles. The quantitative estimate of drug-likeness (QED) is 0.299. The highest BCUT2D eigenvalue weighted by Gasteiger charge is 2.09. The van der Waals surface area contributed by atoms with Crippen LogP contribution in [0, 0.1) is 13.8 Å². The van der Waals surface area contributed by atoms with Gasteiger partial charge in [0.05, 0.1) is 30.1 Å². The van der Waals surface area contributed by atoms with Gasteiger partial charge in [0.2, 0.25) is 5.82 Å². The van der Waals surface area contributed by atoms with Gasteiger partial charge in [-0.05, 0) is 26.0 Å². The van der Waals surface area contributed by atoms with Crippen LogP contribution in [0.1, 0.15) is 21.4 Å². The number of hydrogen-bond donors (Lipinski definition) is 3. The largest absolute Gasteiger partial charge is 0.461 e. The molecule has 0 radical (unpaired) electrons. The van der Waals surface area contributed by atoms with E-state index >= 15 is 0 Å². The molecule has 3 heterocycles. The number of nitrogens with one attached hydrogen (secondary N) is 3. The van der Waals surface area contributed by atoms with Gasteiger partial charge in [-0.25, -0.2) is 9.97 Å². The van der Waals surface area contributed by atoms with E-state index in [1.54, 1.807) is 30.7 Å². The normalized spacial score (nSPS) is 11.2. The minimum Gasteiger partial charge on any atom is -0.461 e. The topological polar surface area (TPSA) is 104 Å². The number of hydrogen-bond acceptors (Lipinski definition) is 6. The average Bonchev–Trinajstić information content (AvgIpc) is 3.29. The number of H-pyrrole nitrogens is 1. The van der Waals surface area contributed by atoms with Crippen molar-refractivity contribution in [3.63, 3.8) is 0 Å². The minimum atomic E-state index is 0. The Morgan fingerprint density at radius 3 is 2.72 bits per heavy atom. The summed E-state index contributed by atoms with van der Waals surface area (Å²) in [6, 6.07) is 3.62. The molecule has 0 spiro atoms. The summed E-state index contributed by atoms with van der Waals surface area (Å²) in [6.07, 6.45) is 1.60. The van der Waals surface area contributed by atoms with Gasteiger partial charge in [-0.15, -0.1) is 40.4 Å². The first-order valence-electron chi connectivity index (χ1n) is 7.48. The summed E-state index contributed by atoms with van der Waals surface area (Å²) < 4.78 is 5.27. The molecule has 10 heteroatoms. The number of rotatable bonds is 5. The van der Waals surface area contributed by atoms with Crippen LogP contribution < -0.4 is 10.6 Å². The maximum atomic E-state index is 5.27. The molecule has 0 atom stereocenters. The number of furan rings is 1. The van der Waals surface area contributed by atoms with Crippen molar-refractivity contribution >= 4 is 41.3 Å². The lowest BCUT2D eigenvalue weighted by atomic mass is 10.4. The molecule has 0 fully saturated rings. The smallest absolute Gasteiger partial charge is 0.216 e. The molecular weight excluding hydrogens is 453 g/mol. The number of aliphatic imine (C=N–C) groups is 1. The summed E-state index contributed by atoms with van der Waals surface area (Å²) in [5.74, 6) is 2.57. The second-order valence-electron chi connectivity index (χ2n) is 5.10. The van der Waals surface area contributed by atoms with Gasteiger partial charge >= 0.3 is 0 Å². The Balaban J connectivity index is 0.00000225. The standard InChI is InChI=1S/C15H19N7OS.HI/c1-9-12(24-10(2)19-9)7-17-15(16-3)18-8-13-20-14(22-21-13)11-5-4-6-23-11;/h4-6H,7-8H2,1-3H3,(H2,16,17,18)(H,20,21,22);1H. The van der Waals surface area contributed by atoms with E-state index in [-0.39, 0.29) is 24.0 Å². The molecule has 3 N–H and O–H groups in total. The average molecular weight is 473 g/mol. The predicted octanol–water partition coefficient (Wildman–Crippen LogP) is 2.62. The van der Waals surface area contributed by atoms with Crippen LogP contribution in [-0.4, -0.2) is 33.2 Å². The fourth-order valence-corrected chi connectivity index (χ4v) is 3.06. The zero-order valence-electron chi connectivity index (χ0n) is 14.2. The summed E-state index contributed by atoms with van der Waals surface area (Å²) in [5.41, 5.74) is 1.05. The molecule has 0 unspecified atom stereocenters. The van der Waals surface area contributed by atoms with Gasteiger partial charge in [-0.2, -0.15) is 0 Å². The maximum Gasteiger partial charge on any atom is 0.216 e. The van der Waals surface area contributed by atoms with E-state index < -0.39 is 0 Å². The zero-order chi connectivity index (χ0) is 16.9. The number of aryl methyl sites for hydroxylation is 2. The predicted molar refractivity (Wildman–Crippen MR) is 108 cm³/mol. The van der Waals surface area contributed by atoms with Gasteiger partial charge in [0.1, 0.15) is 5.82 Å². The Morgan fingerprint density at radius 2 is 2.08 bits per heavy atom. The lowest BCUT2D eigenvalue weighted by molar-refractivity contribution is 0.577. The van der Waals surface area contributed by atoms with Crippen LogP contribution >= 0.6 is 35.3 Å². The fourth-order valence-electron chi connectivity index (χ4n) is 2.18. The molecule has 3 rings (SSSR count). The molecule has 134 valence electrons. The molecule has 25 heavy (non-hydrogen) atoms. The Bertz CT molecular complexity index is 825. The van der Waals surface area contributed by atoms with Gasteiger partial charge in [-0.3, -0.25) is 10.1 Å². The number of nitrogens with zero attached hydrogens (tertiary/aromatic N) is 4. The molecule has 0 aromatic carbocycles. The van der Waals surface area contributed by atoms with Crippen LogP contribution in [0.25, 0.3) is 11.6 Å². The molecule has 0 bridgehead atoms. The van der Waals surface area contributed by atoms with E-state index in [1.807, 2.05) is 19.9 Å². The molecule has 0 aliphatic rings. The second kappa shape index (κ2) is 8.94. The third-order valence-corrected chi connectivity index (χ3v) is 4.41. The Hall–Kier alpha value is -1.95. The number of guanidine groups is 1.